The number of para-hydroxylation sites is 2. The van der Waals surface area contributed by atoms with Crippen LogP contribution in [0.3, 0.4) is 0 Å². The van der Waals surface area contributed by atoms with Gasteiger partial charge in [0.05, 0.1) is 30.8 Å². The number of fused-ring (bicyclic) bond motifs is 5. The second-order valence-corrected chi connectivity index (χ2v) is 6.89. The van der Waals surface area contributed by atoms with E-state index < -0.39 is 5.92 Å². The van der Waals surface area contributed by atoms with Crippen molar-refractivity contribution in [3.8, 4) is 11.5 Å². The number of carbonyl (C=O) groups excluding carboxylic acids is 1. The molecule has 2 N–H and O–H groups in total. The number of hydrogen-bond donors (Lipinski definition) is 2. The van der Waals surface area contributed by atoms with Crippen molar-refractivity contribution in [3.63, 3.8) is 0 Å². The van der Waals surface area contributed by atoms with Crippen molar-refractivity contribution in [2.24, 2.45) is 0 Å². The van der Waals surface area contributed by atoms with Crippen LogP contribution in [0.15, 0.2) is 47.3 Å². The minimum Gasteiger partial charge on any atom is -0.497 e. The van der Waals surface area contributed by atoms with Gasteiger partial charge >= 0.3 is 0 Å². The molecule has 0 aliphatic carbocycles. The summed E-state index contributed by atoms with van der Waals surface area (Å²) in [6.07, 6.45) is 0.136. The lowest BCUT2D eigenvalue weighted by Crippen LogP contribution is -2.32. The van der Waals surface area contributed by atoms with Gasteiger partial charge in [-0.25, -0.2) is 4.98 Å². The fraction of sp³-hybridized carbons (Fsp3) is 0.190. The van der Waals surface area contributed by atoms with E-state index in [1.165, 1.54) is 0 Å². The maximum absolute atomic E-state index is 13.0. The number of ether oxygens (including phenoxy) is 2. The highest BCUT2D eigenvalue weighted by Gasteiger charge is 2.33. The number of rotatable bonds is 3. The van der Waals surface area contributed by atoms with Gasteiger partial charge in [-0.1, -0.05) is 18.2 Å². The second-order valence-electron chi connectivity index (χ2n) is 6.89. The molecule has 146 valence electrons. The second kappa shape index (κ2) is 6.37. The maximum atomic E-state index is 13.0. The molecule has 3 heterocycles. The number of benzene rings is 2. The van der Waals surface area contributed by atoms with E-state index in [1.807, 2.05) is 30.3 Å². The van der Waals surface area contributed by atoms with E-state index in [1.54, 1.807) is 30.8 Å². The number of nitrogens with zero attached hydrogens (tertiary/aromatic N) is 2. The van der Waals surface area contributed by atoms with E-state index >= 15 is 0 Å². The number of H-pyrrole nitrogens is 1. The van der Waals surface area contributed by atoms with Crippen LogP contribution in [0.25, 0.3) is 16.8 Å². The van der Waals surface area contributed by atoms with Crippen molar-refractivity contribution in [1.82, 2.24) is 14.4 Å². The normalized spacial score (nSPS) is 15.9. The first-order valence-electron chi connectivity index (χ1n) is 9.16. The van der Waals surface area contributed by atoms with Gasteiger partial charge in [-0.3, -0.25) is 19.0 Å². The average Bonchev–Trinajstić information content (AvgIpc) is 3.10. The number of aromatic nitrogens is 3. The van der Waals surface area contributed by atoms with Gasteiger partial charge in [-0.05, 0) is 18.2 Å². The lowest BCUT2D eigenvalue weighted by molar-refractivity contribution is -0.116. The molecule has 1 amide bonds. The summed E-state index contributed by atoms with van der Waals surface area (Å²) in [5.41, 5.74) is 2.47. The van der Waals surface area contributed by atoms with Crippen LogP contribution in [0.4, 0.5) is 5.82 Å². The Hall–Kier alpha value is -3.81. The van der Waals surface area contributed by atoms with Crippen LogP contribution in [0, 0.1) is 0 Å². The van der Waals surface area contributed by atoms with Gasteiger partial charge in [-0.2, -0.15) is 0 Å². The molecule has 0 saturated carbocycles. The molecular formula is C21H18N4O4. The molecule has 4 aromatic rings. The molecule has 0 saturated heterocycles. The summed E-state index contributed by atoms with van der Waals surface area (Å²) >= 11 is 0. The third kappa shape index (κ3) is 2.56. The van der Waals surface area contributed by atoms with Gasteiger partial charge in [0.25, 0.3) is 5.56 Å². The summed E-state index contributed by atoms with van der Waals surface area (Å²) in [7, 11) is 3.13. The third-order valence-corrected chi connectivity index (χ3v) is 5.32. The summed E-state index contributed by atoms with van der Waals surface area (Å²) in [6.45, 7) is 0. The number of carbonyl (C=O) groups is 1. The van der Waals surface area contributed by atoms with E-state index in [0.29, 0.717) is 28.7 Å². The number of aromatic amines is 1. The van der Waals surface area contributed by atoms with E-state index in [2.05, 4.69) is 15.3 Å². The van der Waals surface area contributed by atoms with E-state index in [9.17, 15) is 9.59 Å². The first kappa shape index (κ1) is 17.3. The lowest BCUT2D eigenvalue weighted by atomic mass is 9.86. The van der Waals surface area contributed by atoms with Crippen molar-refractivity contribution in [2.75, 3.05) is 19.5 Å². The van der Waals surface area contributed by atoms with Crippen molar-refractivity contribution < 1.29 is 14.3 Å². The molecule has 1 unspecified atom stereocenters. The molecule has 0 fully saturated rings. The van der Waals surface area contributed by atoms with Crippen LogP contribution >= 0.6 is 0 Å². The van der Waals surface area contributed by atoms with Crippen LogP contribution in [0.5, 0.6) is 11.5 Å². The Kier molecular flexibility index (Phi) is 3.80. The number of imidazole rings is 1. The number of hydrogen-bond acceptors (Lipinski definition) is 5. The summed E-state index contributed by atoms with van der Waals surface area (Å²) in [5.74, 6) is 1.38. The Balaban J connectivity index is 1.82. The molecular weight excluding hydrogens is 372 g/mol. The fourth-order valence-electron chi connectivity index (χ4n) is 4.02. The molecule has 8 heteroatoms. The monoisotopic (exact) mass is 390 g/mol. The summed E-state index contributed by atoms with van der Waals surface area (Å²) in [5, 5.41) is 2.88. The Labute approximate surface area is 165 Å². The summed E-state index contributed by atoms with van der Waals surface area (Å²) in [6, 6.07) is 12.9. The Morgan fingerprint density at radius 3 is 2.72 bits per heavy atom. The van der Waals surface area contributed by atoms with E-state index in [-0.39, 0.29) is 17.9 Å². The zero-order valence-corrected chi connectivity index (χ0v) is 15.9. The van der Waals surface area contributed by atoms with Gasteiger partial charge < -0.3 is 14.8 Å². The van der Waals surface area contributed by atoms with Crippen molar-refractivity contribution in [3.05, 3.63) is 63.9 Å². The highest BCUT2D eigenvalue weighted by molar-refractivity contribution is 5.96. The van der Waals surface area contributed by atoms with Crippen molar-refractivity contribution in [1.29, 1.82) is 0 Å². The standard InChI is InChI=1S/C21H18N4O4/c1-28-11-7-8-12(16(9-11)29-2)13-10-17(26)23-19-18(13)20(27)24-21-22-14-5-3-4-6-15(14)25(19)21/h3-9,13H,10H2,1-2H3,(H,23,26)(H,22,24,27). The van der Waals surface area contributed by atoms with Crippen molar-refractivity contribution in [2.45, 2.75) is 12.3 Å². The molecule has 5 rings (SSSR count). The Morgan fingerprint density at radius 1 is 1.10 bits per heavy atom. The largest absolute Gasteiger partial charge is 0.497 e. The molecule has 2 aromatic heterocycles. The van der Waals surface area contributed by atoms with Gasteiger partial charge in [0.15, 0.2) is 0 Å². The Morgan fingerprint density at radius 2 is 1.93 bits per heavy atom. The highest BCUT2D eigenvalue weighted by atomic mass is 16.5. The molecule has 29 heavy (non-hydrogen) atoms. The number of methoxy groups -OCH3 is 2. The first-order valence-corrected chi connectivity index (χ1v) is 9.16. The molecule has 0 spiro atoms. The molecule has 0 bridgehead atoms. The van der Waals surface area contributed by atoms with Crippen LogP contribution in [0.2, 0.25) is 0 Å². The summed E-state index contributed by atoms with van der Waals surface area (Å²) in [4.78, 5) is 33.0. The van der Waals surface area contributed by atoms with Gasteiger partial charge in [0, 0.05) is 24.0 Å². The zero-order valence-electron chi connectivity index (χ0n) is 15.9. The highest BCUT2D eigenvalue weighted by Crippen LogP contribution is 2.40. The van der Waals surface area contributed by atoms with E-state index in [0.717, 1.165) is 16.6 Å². The fourth-order valence-corrected chi connectivity index (χ4v) is 4.02. The molecule has 1 aliphatic heterocycles. The first-order chi connectivity index (χ1) is 14.1. The van der Waals surface area contributed by atoms with Crippen molar-refractivity contribution >= 4 is 28.5 Å². The molecule has 1 atom stereocenters. The van der Waals surface area contributed by atoms with Crippen LogP contribution in [-0.2, 0) is 4.79 Å². The van der Waals surface area contributed by atoms with Crippen LogP contribution in [-0.4, -0.2) is 34.5 Å². The predicted octanol–water partition coefficient (Wildman–Crippen LogP) is 2.67. The van der Waals surface area contributed by atoms with Gasteiger partial charge in [0.1, 0.15) is 17.3 Å². The van der Waals surface area contributed by atoms with E-state index in [4.69, 9.17) is 9.47 Å². The number of amides is 1. The van der Waals surface area contributed by atoms with Gasteiger partial charge in [-0.15, -0.1) is 0 Å². The average molecular weight is 390 g/mol. The molecule has 2 aromatic carbocycles. The molecule has 1 aliphatic rings. The van der Waals surface area contributed by atoms with Crippen LogP contribution < -0.4 is 20.3 Å². The minimum absolute atomic E-state index is 0.136. The Bertz CT molecular complexity index is 1340. The minimum atomic E-state index is -0.464. The van der Waals surface area contributed by atoms with Crippen LogP contribution in [0.1, 0.15) is 23.5 Å². The number of anilines is 1. The van der Waals surface area contributed by atoms with Gasteiger partial charge in [0.2, 0.25) is 11.7 Å². The topological polar surface area (TPSA) is 97.7 Å². The zero-order chi connectivity index (χ0) is 20.1. The molecule has 0 radical (unpaired) electrons. The molecule has 8 nitrogen and oxygen atoms in total. The summed E-state index contributed by atoms with van der Waals surface area (Å²) < 4.78 is 12.6. The lowest BCUT2D eigenvalue weighted by Gasteiger charge is -2.27. The maximum Gasteiger partial charge on any atom is 0.258 e. The SMILES string of the molecule is COc1ccc(C2CC(=O)Nc3c2c(=O)[nH]c2nc4ccccc4n32)c(OC)c1. The smallest absolute Gasteiger partial charge is 0.258 e. The third-order valence-electron chi connectivity index (χ3n) is 5.32. The number of nitrogens with one attached hydrogen (secondary N) is 2. The quantitative estimate of drug-likeness (QED) is 0.561. The predicted molar refractivity (Wildman–Crippen MR) is 108 cm³/mol.